The number of alkyl halides is 3. The Morgan fingerprint density at radius 3 is 2.60 bits per heavy atom. The normalized spacial score (nSPS) is 12.0. The van der Waals surface area contributed by atoms with Gasteiger partial charge in [0, 0.05) is 6.42 Å². The molecule has 0 fully saturated rings. The first kappa shape index (κ1) is 15.6. The number of aromatic nitrogens is 4. The van der Waals surface area contributed by atoms with Crippen LogP contribution in [-0.4, -0.2) is 26.2 Å². The second kappa shape index (κ2) is 5.88. The van der Waals surface area contributed by atoms with Gasteiger partial charge in [-0.05, 0) is 29.8 Å². The van der Waals surface area contributed by atoms with E-state index in [0.717, 1.165) is 5.56 Å². The van der Waals surface area contributed by atoms with E-state index in [1.807, 2.05) is 0 Å². The summed E-state index contributed by atoms with van der Waals surface area (Å²) in [4.78, 5) is 0.610. The van der Waals surface area contributed by atoms with Gasteiger partial charge in [0.2, 0.25) is 4.96 Å². The average molecular weight is 366 g/mol. The number of rotatable bonds is 4. The highest BCUT2D eigenvalue weighted by Gasteiger charge is 2.31. The summed E-state index contributed by atoms with van der Waals surface area (Å²) in [5.41, 5.74) is 0.761. The van der Waals surface area contributed by atoms with Crippen molar-refractivity contribution >= 4 is 16.3 Å². The van der Waals surface area contributed by atoms with E-state index in [2.05, 4.69) is 20.0 Å². The Hall–Kier alpha value is -2.88. The molecule has 0 radical (unpaired) electrons. The maximum absolute atomic E-state index is 12.2. The Bertz CT molecular complexity index is 990. The van der Waals surface area contributed by atoms with Gasteiger partial charge in [0.15, 0.2) is 16.6 Å². The van der Waals surface area contributed by atoms with Gasteiger partial charge in [0.1, 0.15) is 5.75 Å². The molecule has 0 spiro atoms. The van der Waals surface area contributed by atoms with Crippen LogP contribution in [0.2, 0.25) is 0 Å². The largest absolute Gasteiger partial charge is 0.573 e. The second-order valence-corrected chi connectivity index (χ2v) is 6.02. The van der Waals surface area contributed by atoms with Gasteiger partial charge in [-0.15, -0.1) is 28.5 Å². The monoisotopic (exact) mass is 366 g/mol. The highest BCUT2D eigenvalue weighted by molar-refractivity contribution is 7.19. The number of furan rings is 1. The molecule has 3 aromatic heterocycles. The molecule has 10 heteroatoms. The molecule has 0 aliphatic rings. The van der Waals surface area contributed by atoms with Gasteiger partial charge < -0.3 is 9.15 Å². The lowest BCUT2D eigenvalue weighted by atomic mass is 10.1. The maximum atomic E-state index is 12.2. The van der Waals surface area contributed by atoms with Crippen LogP contribution in [-0.2, 0) is 6.42 Å². The van der Waals surface area contributed by atoms with Crippen molar-refractivity contribution in [3.8, 4) is 16.5 Å². The molecular weight excluding hydrogens is 357 g/mol. The molecule has 3 heterocycles. The molecule has 128 valence electrons. The van der Waals surface area contributed by atoms with E-state index in [1.165, 1.54) is 23.5 Å². The third kappa shape index (κ3) is 3.33. The number of ether oxygens (including phenoxy) is 1. The van der Waals surface area contributed by atoms with Gasteiger partial charge in [-0.1, -0.05) is 23.5 Å². The summed E-state index contributed by atoms with van der Waals surface area (Å²) in [5.74, 6) is 0.944. The SMILES string of the molecule is FC(F)(F)Oc1ccc(Cc2nnc3sc(-c4ccco4)nn23)cc1. The van der Waals surface area contributed by atoms with Crippen LogP contribution < -0.4 is 4.74 Å². The predicted octanol–water partition coefficient (Wildman–Crippen LogP) is 3.94. The van der Waals surface area contributed by atoms with Crippen LogP contribution in [0, 0.1) is 0 Å². The fourth-order valence-electron chi connectivity index (χ4n) is 2.26. The van der Waals surface area contributed by atoms with Gasteiger partial charge in [0.05, 0.1) is 6.26 Å². The summed E-state index contributed by atoms with van der Waals surface area (Å²) in [6.45, 7) is 0. The van der Waals surface area contributed by atoms with E-state index in [4.69, 9.17) is 4.42 Å². The number of nitrogens with zero attached hydrogens (tertiary/aromatic N) is 4. The quantitative estimate of drug-likeness (QED) is 0.547. The molecule has 0 atom stereocenters. The molecule has 0 saturated heterocycles. The van der Waals surface area contributed by atoms with Crippen molar-refractivity contribution in [3.05, 3.63) is 54.0 Å². The van der Waals surface area contributed by atoms with Crippen LogP contribution in [0.4, 0.5) is 13.2 Å². The molecule has 1 aromatic carbocycles. The minimum absolute atomic E-state index is 0.267. The van der Waals surface area contributed by atoms with E-state index < -0.39 is 6.36 Å². The van der Waals surface area contributed by atoms with Crippen molar-refractivity contribution in [1.82, 2.24) is 19.8 Å². The standard InChI is InChI=1S/C15H9F3N4O2S/c16-15(17,18)24-10-5-3-9(4-6-10)8-12-19-20-14-22(12)21-13(25-14)11-2-1-7-23-11/h1-7H,8H2. The molecular formula is C15H9F3N4O2S. The van der Waals surface area contributed by atoms with Gasteiger partial charge in [-0.3, -0.25) is 0 Å². The summed E-state index contributed by atoms with van der Waals surface area (Å²) in [5, 5.41) is 13.2. The van der Waals surface area contributed by atoms with Gasteiger partial charge >= 0.3 is 6.36 Å². The van der Waals surface area contributed by atoms with Crippen molar-refractivity contribution in [2.45, 2.75) is 12.8 Å². The van der Waals surface area contributed by atoms with Crippen molar-refractivity contribution in [2.24, 2.45) is 0 Å². The van der Waals surface area contributed by atoms with E-state index in [0.29, 0.717) is 28.0 Å². The summed E-state index contributed by atoms with van der Waals surface area (Å²) < 4.78 is 47.3. The Kier molecular flexibility index (Phi) is 3.68. The minimum Gasteiger partial charge on any atom is -0.462 e. The van der Waals surface area contributed by atoms with E-state index in [9.17, 15) is 13.2 Å². The molecule has 0 amide bonds. The van der Waals surface area contributed by atoms with Crippen LogP contribution in [0.1, 0.15) is 11.4 Å². The molecule has 0 aliphatic carbocycles. The number of hydrogen-bond acceptors (Lipinski definition) is 6. The highest BCUT2D eigenvalue weighted by atomic mass is 32.1. The Morgan fingerprint density at radius 2 is 1.92 bits per heavy atom. The van der Waals surface area contributed by atoms with E-state index >= 15 is 0 Å². The molecule has 0 bridgehead atoms. The summed E-state index contributed by atoms with van der Waals surface area (Å²) >= 11 is 1.33. The minimum atomic E-state index is -4.70. The van der Waals surface area contributed by atoms with Crippen molar-refractivity contribution in [2.75, 3.05) is 0 Å². The molecule has 4 rings (SSSR count). The molecule has 0 aliphatic heterocycles. The smallest absolute Gasteiger partial charge is 0.462 e. The number of halogens is 3. The maximum Gasteiger partial charge on any atom is 0.573 e. The van der Waals surface area contributed by atoms with Crippen LogP contribution in [0.3, 0.4) is 0 Å². The number of fused-ring (bicyclic) bond motifs is 1. The van der Waals surface area contributed by atoms with Gasteiger partial charge in [-0.25, -0.2) is 0 Å². The number of hydrogen-bond donors (Lipinski definition) is 0. The van der Waals surface area contributed by atoms with Crippen molar-refractivity contribution in [3.63, 3.8) is 0 Å². The second-order valence-electron chi connectivity index (χ2n) is 5.06. The summed E-state index contributed by atoms with van der Waals surface area (Å²) in [7, 11) is 0. The lowest BCUT2D eigenvalue weighted by Crippen LogP contribution is -2.17. The first-order chi connectivity index (χ1) is 12.0. The third-order valence-corrected chi connectivity index (χ3v) is 4.22. The summed E-state index contributed by atoms with van der Waals surface area (Å²) in [6.07, 6.45) is -2.78. The molecule has 4 aromatic rings. The molecule has 6 nitrogen and oxygen atoms in total. The zero-order valence-corrected chi connectivity index (χ0v) is 13.2. The Labute approximate surface area is 142 Å². The fraction of sp³-hybridized carbons (Fsp3) is 0.133. The van der Waals surface area contributed by atoms with Crippen LogP contribution in [0.25, 0.3) is 15.7 Å². The van der Waals surface area contributed by atoms with Crippen LogP contribution in [0.5, 0.6) is 5.75 Å². The zero-order valence-electron chi connectivity index (χ0n) is 12.4. The highest BCUT2D eigenvalue weighted by Crippen LogP contribution is 2.27. The Balaban J connectivity index is 1.56. The van der Waals surface area contributed by atoms with Gasteiger partial charge in [-0.2, -0.15) is 4.52 Å². The molecule has 25 heavy (non-hydrogen) atoms. The van der Waals surface area contributed by atoms with Crippen LogP contribution in [0.15, 0.2) is 47.1 Å². The molecule has 0 saturated carbocycles. The van der Waals surface area contributed by atoms with Crippen molar-refractivity contribution in [1.29, 1.82) is 0 Å². The average Bonchev–Trinajstić information content (AvgIpc) is 3.25. The van der Waals surface area contributed by atoms with Crippen LogP contribution >= 0.6 is 11.3 Å². The predicted molar refractivity (Wildman–Crippen MR) is 82.3 cm³/mol. The first-order valence-corrected chi connectivity index (χ1v) is 7.89. The fourth-order valence-corrected chi connectivity index (χ4v) is 3.09. The van der Waals surface area contributed by atoms with Crippen molar-refractivity contribution < 1.29 is 22.3 Å². The lowest BCUT2D eigenvalue weighted by molar-refractivity contribution is -0.274. The Morgan fingerprint density at radius 1 is 1.12 bits per heavy atom. The third-order valence-electron chi connectivity index (χ3n) is 3.31. The van der Waals surface area contributed by atoms with Gasteiger partial charge in [0.25, 0.3) is 0 Å². The summed E-state index contributed by atoms with van der Waals surface area (Å²) in [6, 6.07) is 9.17. The molecule has 0 unspecified atom stereocenters. The zero-order chi connectivity index (χ0) is 17.4. The van der Waals surface area contributed by atoms with E-state index in [-0.39, 0.29) is 5.75 Å². The topological polar surface area (TPSA) is 65.5 Å². The lowest BCUT2D eigenvalue weighted by Gasteiger charge is -2.08. The van der Waals surface area contributed by atoms with E-state index in [1.54, 1.807) is 35.0 Å². The number of benzene rings is 1. The first-order valence-electron chi connectivity index (χ1n) is 7.08. The molecule has 0 N–H and O–H groups in total.